The van der Waals surface area contributed by atoms with Crippen LogP contribution in [-0.4, -0.2) is 36.0 Å². The molecule has 0 aliphatic carbocycles. The van der Waals surface area contributed by atoms with Gasteiger partial charge >= 0.3 is 0 Å². The third kappa shape index (κ3) is 6.53. The molecule has 0 spiro atoms. The molecule has 2 rings (SSSR count). The third-order valence-electron chi connectivity index (χ3n) is 3.96. The van der Waals surface area contributed by atoms with Gasteiger partial charge in [0.1, 0.15) is 0 Å². The second kappa shape index (κ2) is 10.8. The Morgan fingerprint density at radius 3 is 2.41 bits per heavy atom. The molecule has 0 radical (unpaired) electrons. The first-order valence-corrected chi connectivity index (χ1v) is 7.51. The van der Waals surface area contributed by atoms with Crippen molar-refractivity contribution < 1.29 is 4.79 Å². The van der Waals surface area contributed by atoms with Crippen LogP contribution in [0.25, 0.3) is 0 Å². The number of carbonyl (C=O) groups excluding carboxylic acids is 1. The lowest BCUT2D eigenvalue weighted by molar-refractivity contribution is -0.123. The highest BCUT2D eigenvalue weighted by Crippen LogP contribution is 2.14. The second-order valence-electron chi connectivity index (χ2n) is 5.56. The van der Waals surface area contributed by atoms with Crippen molar-refractivity contribution >= 4 is 30.7 Å². The number of carbonyl (C=O) groups is 1. The predicted molar refractivity (Wildman–Crippen MR) is 95.6 cm³/mol. The predicted octanol–water partition coefficient (Wildman–Crippen LogP) is 2.35. The van der Waals surface area contributed by atoms with Crippen LogP contribution in [0.3, 0.4) is 0 Å². The van der Waals surface area contributed by atoms with E-state index in [-0.39, 0.29) is 42.8 Å². The molecule has 1 heterocycles. The third-order valence-corrected chi connectivity index (χ3v) is 3.96. The largest absolute Gasteiger partial charge is 0.352 e. The van der Waals surface area contributed by atoms with Gasteiger partial charge in [0.05, 0.1) is 6.04 Å². The Kier molecular flexibility index (Phi) is 10.4. The normalized spacial score (nSPS) is 17.0. The number of nitrogens with zero attached hydrogens (tertiary/aromatic N) is 1. The van der Waals surface area contributed by atoms with Crippen molar-refractivity contribution in [2.24, 2.45) is 5.73 Å². The number of hydrogen-bond acceptors (Lipinski definition) is 3. The summed E-state index contributed by atoms with van der Waals surface area (Å²) in [7, 11) is 0. The molecular weight excluding hydrogens is 321 g/mol. The van der Waals surface area contributed by atoms with Crippen LogP contribution in [-0.2, 0) is 11.3 Å². The van der Waals surface area contributed by atoms with Crippen LogP contribution in [0.2, 0.25) is 0 Å². The molecule has 1 saturated heterocycles. The topological polar surface area (TPSA) is 58.4 Å². The average Bonchev–Trinajstić information content (AvgIpc) is 2.49. The lowest BCUT2D eigenvalue weighted by atomic mass is 10.0. The van der Waals surface area contributed by atoms with E-state index in [0.29, 0.717) is 6.42 Å². The zero-order valence-corrected chi connectivity index (χ0v) is 14.7. The van der Waals surface area contributed by atoms with Crippen molar-refractivity contribution in [3.8, 4) is 0 Å². The Morgan fingerprint density at radius 2 is 1.86 bits per heavy atom. The van der Waals surface area contributed by atoms with Gasteiger partial charge in [-0.05, 0) is 24.8 Å². The zero-order chi connectivity index (χ0) is 14.4. The van der Waals surface area contributed by atoms with Crippen LogP contribution in [0.5, 0.6) is 0 Å². The van der Waals surface area contributed by atoms with Gasteiger partial charge in [-0.1, -0.05) is 37.3 Å². The van der Waals surface area contributed by atoms with Crippen LogP contribution in [0.15, 0.2) is 30.3 Å². The molecule has 3 N–H and O–H groups in total. The standard InChI is InChI=1S/C16H25N3O.2ClH/c1-2-15(17)16(20)18-14-8-10-19(11-9-14)12-13-6-4-3-5-7-13;;/h3-7,14-15H,2,8-12,17H2,1H3,(H,18,20);2*1H/t15-;;/m0../s1. The number of likely N-dealkylation sites (tertiary alicyclic amines) is 1. The van der Waals surface area contributed by atoms with Crippen LogP contribution in [0.4, 0.5) is 0 Å². The molecule has 1 atom stereocenters. The molecule has 4 nitrogen and oxygen atoms in total. The maximum atomic E-state index is 11.8. The Morgan fingerprint density at radius 1 is 1.27 bits per heavy atom. The van der Waals surface area contributed by atoms with E-state index < -0.39 is 0 Å². The van der Waals surface area contributed by atoms with Gasteiger partial charge in [-0.15, -0.1) is 24.8 Å². The highest BCUT2D eigenvalue weighted by atomic mass is 35.5. The van der Waals surface area contributed by atoms with Gasteiger partial charge in [0.15, 0.2) is 0 Å². The van der Waals surface area contributed by atoms with Gasteiger partial charge in [0, 0.05) is 25.7 Å². The van der Waals surface area contributed by atoms with Crippen molar-refractivity contribution in [3.63, 3.8) is 0 Å². The van der Waals surface area contributed by atoms with Crippen LogP contribution >= 0.6 is 24.8 Å². The Hall–Kier alpha value is -0.810. The van der Waals surface area contributed by atoms with Crippen LogP contribution < -0.4 is 11.1 Å². The molecule has 22 heavy (non-hydrogen) atoms. The maximum Gasteiger partial charge on any atom is 0.237 e. The number of hydrogen-bond donors (Lipinski definition) is 2. The highest BCUT2D eigenvalue weighted by molar-refractivity contribution is 5.85. The molecule has 6 heteroatoms. The van der Waals surface area contributed by atoms with Crippen LogP contribution in [0, 0.1) is 0 Å². The molecule has 0 aromatic heterocycles. The van der Waals surface area contributed by atoms with Gasteiger partial charge in [0.2, 0.25) is 5.91 Å². The van der Waals surface area contributed by atoms with E-state index in [1.54, 1.807) is 0 Å². The highest BCUT2D eigenvalue weighted by Gasteiger charge is 2.22. The summed E-state index contributed by atoms with van der Waals surface area (Å²) in [5, 5.41) is 3.06. The molecule has 0 bridgehead atoms. The number of rotatable bonds is 5. The van der Waals surface area contributed by atoms with E-state index in [9.17, 15) is 4.79 Å². The van der Waals surface area contributed by atoms with E-state index in [2.05, 4.69) is 34.5 Å². The summed E-state index contributed by atoms with van der Waals surface area (Å²) >= 11 is 0. The number of amides is 1. The summed E-state index contributed by atoms with van der Waals surface area (Å²) < 4.78 is 0. The molecule has 1 aromatic carbocycles. The van der Waals surface area contributed by atoms with Crippen molar-refractivity contribution in [1.29, 1.82) is 0 Å². The number of halogens is 2. The van der Waals surface area contributed by atoms with Crippen molar-refractivity contribution in [2.45, 2.75) is 44.8 Å². The Bertz CT molecular complexity index is 423. The zero-order valence-electron chi connectivity index (χ0n) is 13.0. The molecule has 126 valence electrons. The van der Waals surface area contributed by atoms with Crippen LogP contribution in [0.1, 0.15) is 31.7 Å². The molecule has 1 aromatic rings. The quantitative estimate of drug-likeness (QED) is 0.859. The van der Waals surface area contributed by atoms with Gasteiger partial charge in [-0.2, -0.15) is 0 Å². The van der Waals surface area contributed by atoms with Gasteiger partial charge in [-0.25, -0.2) is 0 Å². The lowest BCUT2D eigenvalue weighted by Crippen LogP contribution is -2.49. The Labute approximate surface area is 145 Å². The average molecular weight is 348 g/mol. The van der Waals surface area contributed by atoms with Gasteiger partial charge in [-0.3, -0.25) is 9.69 Å². The number of piperidine rings is 1. The smallest absolute Gasteiger partial charge is 0.237 e. The summed E-state index contributed by atoms with van der Waals surface area (Å²) in [6.45, 7) is 4.99. The summed E-state index contributed by atoms with van der Waals surface area (Å²) in [5.41, 5.74) is 7.09. The molecule has 0 unspecified atom stereocenters. The minimum atomic E-state index is -0.364. The Balaban J connectivity index is 0.00000220. The van der Waals surface area contributed by atoms with Crippen molar-refractivity contribution in [1.82, 2.24) is 10.2 Å². The van der Waals surface area contributed by atoms with Crippen molar-refractivity contribution in [2.75, 3.05) is 13.1 Å². The minimum absolute atomic E-state index is 0. The molecule has 1 aliphatic rings. The first-order chi connectivity index (χ1) is 9.69. The minimum Gasteiger partial charge on any atom is -0.352 e. The number of nitrogens with two attached hydrogens (primary N) is 1. The monoisotopic (exact) mass is 347 g/mol. The number of benzene rings is 1. The van der Waals surface area contributed by atoms with Gasteiger partial charge < -0.3 is 11.1 Å². The maximum absolute atomic E-state index is 11.8. The van der Waals surface area contributed by atoms with E-state index in [4.69, 9.17) is 5.73 Å². The van der Waals surface area contributed by atoms with Gasteiger partial charge in [0.25, 0.3) is 0 Å². The SMILES string of the molecule is CC[C@H](N)C(=O)NC1CCN(Cc2ccccc2)CC1.Cl.Cl. The lowest BCUT2D eigenvalue weighted by Gasteiger charge is -2.32. The molecular formula is C16H27Cl2N3O. The first kappa shape index (κ1) is 21.2. The molecule has 1 aliphatic heterocycles. The molecule has 0 saturated carbocycles. The number of nitrogens with one attached hydrogen (secondary N) is 1. The summed E-state index contributed by atoms with van der Waals surface area (Å²) in [5.74, 6) is -0.00555. The van der Waals surface area contributed by atoms with Crippen molar-refractivity contribution in [3.05, 3.63) is 35.9 Å². The summed E-state index contributed by atoms with van der Waals surface area (Å²) in [4.78, 5) is 14.2. The first-order valence-electron chi connectivity index (χ1n) is 7.51. The van der Waals surface area contributed by atoms with E-state index in [0.717, 1.165) is 32.5 Å². The van der Waals surface area contributed by atoms with E-state index in [1.165, 1.54) is 5.56 Å². The molecule has 1 amide bonds. The summed E-state index contributed by atoms with van der Waals surface area (Å²) in [6, 6.07) is 10.4. The fraction of sp³-hybridized carbons (Fsp3) is 0.562. The van der Waals surface area contributed by atoms with E-state index in [1.807, 2.05) is 13.0 Å². The molecule has 1 fully saturated rings. The summed E-state index contributed by atoms with van der Waals surface area (Å²) in [6.07, 6.45) is 2.71. The van der Waals surface area contributed by atoms with E-state index >= 15 is 0 Å². The second-order valence-corrected chi connectivity index (χ2v) is 5.56. The fourth-order valence-electron chi connectivity index (χ4n) is 2.57. The fourth-order valence-corrected chi connectivity index (χ4v) is 2.57.